The van der Waals surface area contributed by atoms with E-state index in [4.69, 9.17) is 24.7 Å². The molecule has 7 N–H and O–H groups in total. The van der Waals surface area contributed by atoms with Crippen LogP contribution in [0.2, 0.25) is 0 Å². The van der Waals surface area contributed by atoms with Gasteiger partial charge in [0.1, 0.15) is 6.61 Å². The lowest BCUT2D eigenvalue weighted by Crippen LogP contribution is -2.55. The first kappa shape index (κ1) is 77.1. The number of primary amides is 1. The van der Waals surface area contributed by atoms with Crippen molar-refractivity contribution in [2.75, 3.05) is 53.3 Å². The number of carbonyl (C=O) groups is 9. The molecular weight excluding hydrogens is 1190 g/mol. The lowest BCUT2D eigenvalue weighted by Gasteiger charge is -2.41. The van der Waals surface area contributed by atoms with Crippen LogP contribution in [0.4, 0.5) is 20.1 Å². The molecule has 3 aliphatic rings. The molecule has 0 aromatic heterocycles. The van der Waals surface area contributed by atoms with E-state index in [2.05, 4.69) is 21.3 Å². The van der Waals surface area contributed by atoms with E-state index in [1.54, 1.807) is 67.1 Å². The van der Waals surface area contributed by atoms with Crippen LogP contribution in [0.1, 0.15) is 176 Å². The highest BCUT2D eigenvalue weighted by molar-refractivity contribution is 5.97. The molecular formula is C71H112N8O14. The second-order valence-electron chi connectivity index (χ2n) is 27.6. The van der Waals surface area contributed by atoms with Gasteiger partial charge in [-0.25, -0.2) is 14.4 Å². The minimum Gasteiger partial charge on any atom is -0.449 e. The molecule has 1 heterocycles. The summed E-state index contributed by atoms with van der Waals surface area (Å²) in [7, 11) is 6.23. The van der Waals surface area contributed by atoms with E-state index in [1.165, 1.54) is 51.9 Å². The lowest BCUT2D eigenvalue weighted by molar-refractivity contribution is -0.149. The number of aliphatic hydroxyl groups is 1. The van der Waals surface area contributed by atoms with Crippen molar-refractivity contribution < 1.29 is 67.2 Å². The minimum atomic E-state index is -0.954. The predicted octanol–water partition coefficient (Wildman–Crippen LogP) is 9.60. The van der Waals surface area contributed by atoms with Crippen LogP contribution in [0.3, 0.4) is 0 Å². The largest absolute Gasteiger partial charge is 0.449 e. The third-order valence-electron chi connectivity index (χ3n) is 19.9. The Balaban J connectivity index is 1.18. The van der Waals surface area contributed by atoms with E-state index in [1.807, 2.05) is 73.6 Å². The Kier molecular flexibility index (Phi) is 31.0. The summed E-state index contributed by atoms with van der Waals surface area (Å²) in [5.41, 5.74) is 6.95. The number of fused-ring (bicyclic) bond motifs is 1. The van der Waals surface area contributed by atoms with Crippen molar-refractivity contribution >= 4 is 59.1 Å². The predicted molar refractivity (Wildman–Crippen MR) is 356 cm³/mol. The summed E-state index contributed by atoms with van der Waals surface area (Å²) in [6.07, 6.45) is 5.58. The standard InChI is InChI=1S/C71H112N8O14/c1-15-45(8)63(59(90-13)39-60(82)79-36-24-30-56(79)65(91-14)46(9)66(84)74-47(10)64(83)49-25-19-18-20-26-49)77(11)68(86)54(42(2)3)38-58(81)62(44(6)7)78(12)71(89)93-40-48-31-33-51(34-32-48)75-67(85)50(27-23-35-73-69(72)87)37-57(80)61(43(4)5)76-70(88)92-41-55-52-28-21-16-17-22-29-53(52)55/h18-20,25-26,31-34,42-47,50,52-56,59,61-65,83H,15-17,21-24,27-30,35-41H2,1-14H3,(H,74,84)(H,75,85)(H,76,88)(H3,72,73,87)/t45-,46+,47+,50-,52?,53?,54-,55?,56-,59+,61-,62-,63-,64+,65+/m0/s1. The van der Waals surface area contributed by atoms with Crippen LogP contribution in [0.15, 0.2) is 54.6 Å². The molecule has 2 aromatic rings. The van der Waals surface area contributed by atoms with Gasteiger partial charge in [0.05, 0.1) is 67.5 Å². The number of Topliss-reactive ketones (excluding diaryl/α,β-unsaturated/α-hetero) is 2. The summed E-state index contributed by atoms with van der Waals surface area (Å²) in [5.74, 6) is -3.77. The second-order valence-corrected chi connectivity index (χ2v) is 27.6. The Hall–Kier alpha value is -6.65. The minimum absolute atomic E-state index is 0.0602. The number of alkyl carbamates (subject to hydrolysis) is 1. The molecule has 3 fully saturated rings. The molecule has 93 heavy (non-hydrogen) atoms. The van der Waals surface area contributed by atoms with E-state index in [-0.39, 0.29) is 91.8 Å². The molecule has 2 saturated carbocycles. The van der Waals surface area contributed by atoms with Gasteiger partial charge in [-0.1, -0.05) is 137 Å². The first-order valence-corrected chi connectivity index (χ1v) is 34.1. The molecule has 5 rings (SSSR count). The van der Waals surface area contributed by atoms with Crippen molar-refractivity contribution in [3.8, 4) is 0 Å². The maximum atomic E-state index is 14.9. The number of nitrogens with one attached hydrogen (secondary N) is 4. The normalized spacial score (nSPS) is 20.7. The van der Waals surface area contributed by atoms with Crippen molar-refractivity contribution in [1.29, 1.82) is 0 Å². The molecule has 2 aromatic carbocycles. The number of hydrogen-bond acceptors (Lipinski definition) is 14. The van der Waals surface area contributed by atoms with Gasteiger partial charge >= 0.3 is 18.2 Å². The third kappa shape index (κ3) is 22.2. The number of carbonyl (C=O) groups excluding carboxylic acids is 9. The number of urea groups is 1. The Morgan fingerprint density at radius 2 is 1.35 bits per heavy atom. The number of aliphatic hydroxyl groups excluding tert-OH is 1. The molecule has 22 heteroatoms. The molecule has 0 bridgehead atoms. The second kappa shape index (κ2) is 37.4. The number of rotatable bonds is 36. The summed E-state index contributed by atoms with van der Waals surface area (Å²) in [4.78, 5) is 128. The fraction of sp³-hybridized carbons (Fsp3) is 0.704. The highest BCUT2D eigenvalue weighted by atomic mass is 16.6. The average Bonchev–Trinajstić information content (AvgIpc) is 1.66. The zero-order valence-corrected chi connectivity index (χ0v) is 58.0. The van der Waals surface area contributed by atoms with Gasteiger partial charge in [-0.15, -0.1) is 0 Å². The van der Waals surface area contributed by atoms with Crippen molar-refractivity contribution in [3.05, 3.63) is 65.7 Å². The van der Waals surface area contributed by atoms with Crippen LogP contribution in [0.5, 0.6) is 0 Å². The molecule has 0 spiro atoms. The number of nitrogens with two attached hydrogens (primary N) is 1. The number of hydrogen-bond donors (Lipinski definition) is 6. The molecule has 22 nitrogen and oxygen atoms in total. The Morgan fingerprint density at radius 1 is 0.710 bits per heavy atom. The maximum absolute atomic E-state index is 14.9. The number of benzene rings is 2. The Morgan fingerprint density at radius 3 is 1.92 bits per heavy atom. The van der Waals surface area contributed by atoms with E-state index >= 15 is 0 Å². The summed E-state index contributed by atoms with van der Waals surface area (Å²) in [5, 5.41) is 22.1. The maximum Gasteiger partial charge on any atom is 0.410 e. The molecule has 0 radical (unpaired) electrons. The van der Waals surface area contributed by atoms with Gasteiger partial charge in [-0.2, -0.15) is 0 Å². The van der Waals surface area contributed by atoms with Gasteiger partial charge in [-0.3, -0.25) is 28.8 Å². The fourth-order valence-electron chi connectivity index (χ4n) is 14.2. The van der Waals surface area contributed by atoms with Crippen molar-refractivity contribution in [3.63, 3.8) is 0 Å². The quantitative estimate of drug-likeness (QED) is 0.0346. The number of ether oxygens (including phenoxy) is 4. The summed E-state index contributed by atoms with van der Waals surface area (Å²) in [6, 6.07) is 11.6. The number of likely N-dealkylation sites (tertiary alicyclic amines) is 1. The van der Waals surface area contributed by atoms with E-state index in [0.29, 0.717) is 73.4 Å². The van der Waals surface area contributed by atoms with Crippen LogP contribution >= 0.6 is 0 Å². The first-order valence-electron chi connectivity index (χ1n) is 34.1. The van der Waals surface area contributed by atoms with Gasteiger partial charge in [0.2, 0.25) is 23.6 Å². The van der Waals surface area contributed by atoms with E-state index in [9.17, 15) is 48.3 Å². The van der Waals surface area contributed by atoms with Crippen LogP contribution < -0.4 is 27.0 Å². The number of anilines is 1. The number of methoxy groups -OCH3 is 2. The van der Waals surface area contributed by atoms with Crippen LogP contribution in [-0.4, -0.2) is 164 Å². The number of ketones is 2. The number of nitrogens with zero attached hydrogens (tertiary/aromatic N) is 3. The zero-order valence-electron chi connectivity index (χ0n) is 58.0. The third-order valence-corrected chi connectivity index (χ3v) is 19.9. The average molecular weight is 1300 g/mol. The lowest BCUT2D eigenvalue weighted by atomic mass is 9.83. The van der Waals surface area contributed by atoms with E-state index < -0.39 is 90.4 Å². The van der Waals surface area contributed by atoms with Gasteiger partial charge in [0, 0.05) is 71.8 Å². The van der Waals surface area contributed by atoms with Gasteiger partial charge in [0.25, 0.3) is 0 Å². The summed E-state index contributed by atoms with van der Waals surface area (Å²) >= 11 is 0. The van der Waals surface area contributed by atoms with Crippen molar-refractivity contribution in [2.24, 2.45) is 64.9 Å². The van der Waals surface area contributed by atoms with Crippen LogP contribution in [-0.2, 0) is 54.3 Å². The summed E-state index contributed by atoms with van der Waals surface area (Å²) < 4.78 is 23.5. The SMILES string of the molecule is CC[C@H](C)[C@@H]([C@@H](CC(=O)N1CCC[C@H]1[C@H](OC)[C@@H](C)C(=O)N[C@H](C)[C@@H](O)c1ccccc1)OC)N(C)C(=O)[C@@H](CC(=O)[C@H](C(C)C)N(C)C(=O)OCc1ccc(NC(=O)[C@@H](CCCNC(N)=O)CC(=O)[C@@H](NC(=O)OCC2C3CCCCCCC32)C(C)C)cc1)C(C)C. The van der Waals surface area contributed by atoms with Crippen LogP contribution in [0, 0.1) is 59.2 Å². The van der Waals surface area contributed by atoms with E-state index in [0.717, 1.165) is 12.8 Å². The first-order chi connectivity index (χ1) is 44.1. The zero-order chi connectivity index (χ0) is 68.8. The highest BCUT2D eigenvalue weighted by Crippen LogP contribution is 2.53. The molecule has 2 aliphatic carbocycles. The van der Waals surface area contributed by atoms with Gasteiger partial charge < -0.3 is 65.8 Å². The monoisotopic (exact) mass is 1300 g/mol. The molecule has 8 amide bonds. The van der Waals surface area contributed by atoms with Crippen molar-refractivity contribution in [2.45, 2.75) is 214 Å². The van der Waals surface area contributed by atoms with Crippen molar-refractivity contribution in [1.82, 2.24) is 30.7 Å². The smallest absolute Gasteiger partial charge is 0.410 e. The number of likely N-dealkylation sites (N-methyl/N-ethyl adjacent to an activating group) is 2. The van der Waals surface area contributed by atoms with Gasteiger partial charge in [0.15, 0.2) is 11.6 Å². The summed E-state index contributed by atoms with van der Waals surface area (Å²) in [6.45, 7) is 19.3. The molecule has 520 valence electrons. The Labute approximate surface area is 553 Å². The molecule has 2 unspecified atom stereocenters. The molecule has 14 atom stereocenters. The highest BCUT2D eigenvalue weighted by Gasteiger charge is 2.50. The number of amides is 8. The molecule has 1 saturated heterocycles. The topological polar surface area (TPSA) is 295 Å². The molecule has 1 aliphatic heterocycles. The fourth-order valence-corrected chi connectivity index (χ4v) is 14.2. The van der Waals surface area contributed by atoms with Gasteiger partial charge in [-0.05, 0) is 110 Å². The Bertz CT molecular complexity index is 2740. The van der Waals surface area contributed by atoms with Crippen LogP contribution in [0.25, 0.3) is 0 Å².